The van der Waals surface area contributed by atoms with Gasteiger partial charge in [-0.3, -0.25) is 81.5 Å². The Morgan fingerprint density at radius 2 is 1.08 bits per heavy atom. The molecule has 3 fully saturated rings. The molecule has 0 bridgehead atoms. The Labute approximate surface area is 746 Å². The van der Waals surface area contributed by atoms with Gasteiger partial charge in [0.15, 0.2) is 0 Å². The molecular weight excluding hydrogens is 1680 g/mol. The van der Waals surface area contributed by atoms with Gasteiger partial charge in [-0.25, -0.2) is 4.39 Å². The lowest BCUT2D eigenvalue weighted by molar-refractivity contribution is -0.152. The van der Waals surface area contributed by atoms with E-state index < -0.39 is 234 Å². The molecule has 16 amide bonds. The molecular formula is C89H121FN18O19S. The lowest BCUT2D eigenvalue weighted by Gasteiger charge is -2.39. The number of primary amides is 2. The van der Waals surface area contributed by atoms with Gasteiger partial charge in [-0.05, 0) is 129 Å². The molecule has 0 spiro atoms. The minimum absolute atomic E-state index is 0.00311. The van der Waals surface area contributed by atoms with Gasteiger partial charge in [0.25, 0.3) is 0 Å². The predicted molar refractivity (Wildman–Crippen MR) is 471 cm³/mol. The fourth-order valence-corrected chi connectivity index (χ4v) is 16.9. The number of hydrogen-bond donors (Lipinski definition) is 15. The van der Waals surface area contributed by atoms with Gasteiger partial charge in [0.1, 0.15) is 90.1 Å². The van der Waals surface area contributed by atoms with E-state index in [-0.39, 0.29) is 89.6 Å². The first-order valence-electron chi connectivity index (χ1n) is 43.2. The Kier molecular flexibility index (Phi) is 38.1. The van der Waals surface area contributed by atoms with Crippen LogP contribution in [-0.2, 0) is 107 Å². The first-order valence-corrected chi connectivity index (χ1v) is 44.3. The zero-order chi connectivity index (χ0) is 93.8. The first kappa shape index (κ1) is 101. The highest BCUT2D eigenvalue weighted by molar-refractivity contribution is 8.00. The van der Waals surface area contributed by atoms with E-state index in [9.17, 15) is 53.0 Å². The van der Waals surface area contributed by atoms with Crippen molar-refractivity contribution in [1.82, 2.24) is 77.3 Å². The lowest BCUT2D eigenvalue weighted by Crippen LogP contribution is -2.63. The number of aromatic amines is 1. The quantitative estimate of drug-likeness (QED) is 0.0396. The molecule has 0 radical (unpaired) electrons. The van der Waals surface area contributed by atoms with E-state index in [0.717, 1.165) is 33.7 Å². The van der Waals surface area contributed by atoms with Crippen molar-refractivity contribution in [2.45, 2.75) is 222 Å². The highest BCUT2D eigenvalue weighted by Gasteiger charge is 2.46. The molecule has 0 saturated carbocycles. The first-order chi connectivity index (χ1) is 60.9. The van der Waals surface area contributed by atoms with Crippen molar-refractivity contribution in [2.24, 2.45) is 29.0 Å². The van der Waals surface area contributed by atoms with E-state index >= 15 is 43.2 Å². The fourth-order valence-electron chi connectivity index (χ4n) is 16.1. The molecule has 8 rings (SSSR count). The van der Waals surface area contributed by atoms with Crippen LogP contribution in [0.2, 0.25) is 0 Å². The molecule has 3 aliphatic rings. The van der Waals surface area contributed by atoms with Crippen LogP contribution >= 0.6 is 11.8 Å². The summed E-state index contributed by atoms with van der Waals surface area (Å²) in [6.07, 6.45) is 0.303. The van der Waals surface area contributed by atoms with Gasteiger partial charge in [0, 0.05) is 89.2 Å². The number of aromatic hydroxyl groups is 1. The number of phenols is 1. The molecule has 694 valence electrons. The number of fused-ring (bicyclic) bond motifs is 3. The number of para-hydroxylation sites is 1. The summed E-state index contributed by atoms with van der Waals surface area (Å²) in [5.41, 5.74) is 19.6. The summed E-state index contributed by atoms with van der Waals surface area (Å²) in [6.45, 7) is 7.23. The van der Waals surface area contributed by atoms with Crippen LogP contribution in [0.3, 0.4) is 0 Å². The van der Waals surface area contributed by atoms with Crippen LogP contribution in [-0.4, -0.2) is 278 Å². The lowest BCUT2D eigenvalue weighted by atomic mass is 9.96. The molecule has 4 aromatic carbocycles. The molecule has 128 heavy (non-hydrogen) atoms. The zero-order valence-corrected chi connectivity index (χ0v) is 74.2. The van der Waals surface area contributed by atoms with Crippen LogP contribution in [0, 0.1) is 17.7 Å². The number of carbonyl (C=O) groups excluding carboxylic acids is 16. The van der Waals surface area contributed by atoms with E-state index in [4.69, 9.17) is 17.2 Å². The Morgan fingerprint density at radius 1 is 0.523 bits per heavy atom. The number of amides is 16. The number of H-pyrrole nitrogens is 1. The van der Waals surface area contributed by atoms with Crippen molar-refractivity contribution < 1.29 is 96.1 Å². The number of carbonyl (C=O) groups is 17. The number of phenolic OH excluding ortho intramolecular Hbond substituents is 1. The molecule has 0 aliphatic carbocycles. The second-order valence-electron chi connectivity index (χ2n) is 33.3. The standard InChI is InChI=1S/C89H121FN18O19S/c1-9-10-25-69-88(126)108-40-19-27-68(108)83(121)101-64(45-74(113)114)81(119)103-75(50(2)3)89(127)106(8)76(51(4)5)84(122)98-61(36-37-71(92)110)86(124)107-39-17-16-26-67(107)82(120)100-63(44-55-46-94-59-23-15-14-22-58(55)59)80(118)99-62(41-54-30-34-57(109)35-31-54)79(117)97-60(24-18-38-91)78(116)102-66(77(115)95-47-72(93)111)48-128-49-73(112)96-65(42-53-28-32-56(90)33-29-53)85(123)105(7)70(87(125)104(69)6)43-52-20-12-11-13-21-52/h11-15,20-23,28-35,46,50-51,60-70,75-76,94,109H,9-10,16-19,24-27,36-45,47-49,91H2,1-8H3,(H2,92,110)(H2,93,111)(H,95,115)(H,96,112)(H,97,117)(H,98,122)(H,99,118)(H,100,120)(H,101,121)(H,102,116)(H,103,119)(H,113,114)/t60-,61-,62-,63-,64-,65-,66-,67+,68+,69-,70-,75-,76-/m0/s1. The van der Waals surface area contributed by atoms with Crippen LogP contribution in [0.15, 0.2) is 109 Å². The van der Waals surface area contributed by atoms with Crippen molar-refractivity contribution in [2.75, 3.05) is 58.8 Å². The smallest absolute Gasteiger partial charge is 0.305 e. The Bertz CT molecular complexity index is 4770. The Balaban J connectivity index is 1.22. The molecule has 5 aromatic rings. The molecule has 1 aromatic heterocycles. The average molecular weight is 1800 g/mol. The predicted octanol–water partition coefficient (Wildman–Crippen LogP) is 0.344. The van der Waals surface area contributed by atoms with Crippen molar-refractivity contribution >= 4 is 123 Å². The van der Waals surface area contributed by atoms with Gasteiger partial charge in [-0.2, -0.15) is 0 Å². The van der Waals surface area contributed by atoms with Crippen LogP contribution < -0.4 is 65.1 Å². The van der Waals surface area contributed by atoms with E-state index in [2.05, 4.69) is 52.8 Å². The number of nitrogens with one attached hydrogen (secondary N) is 10. The molecule has 39 heteroatoms. The number of likely N-dealkylation sites (N-methyl/N-ethyl adjacent to an activating group) is 3. The number of aliphatic carboxylic acids is 1. The molecule has 0 unspecified atom stereocenters. The zero-order valence-electron chi connectivity index (χ0n) is 73.4. The number of carboxylic acids is 1. The minimum atomic E-state index is -1.90. The van der Waals surface area contributed by atoms with E-state index in [1.807, 2.05) is 6.92 Å². The topological polar surface area (TPSA) is 549 Å². The number of aromatic nitrogens is 1. The van der Waals surface area contributed by atoms with E-state index in [1.165, 1.54) is 72.2 Å². The number of benzene rings is 4. The molecule has 18 N–H and O–H groups in total. The largest absolute Gasteiger partial charge is 0.508 e. The third kappa shape index (κ3) is 28.5. The monoisotopic (exact) mass is 1800 g/mol. The summed E-state index contributed by atoms with van der Waals surface area (Å²) in [4.78, 5) is 258. The third-order valence-electron chi connectivity index (χ3n) is 23.1. The van der Waals surface area contributed by atoms with Gasteiger partial charge < -0.3 is 105 Å². The summed E-state index contributed by atoms with van der Waals surface area (Å²) in [6, 6.07) is 6.24. The number of halogens is 1. The average Bonchev–Trinajstić information content (AvgIpc) is 1.53. The number of unbranched alkanes of at least 4 members (excludes halogenated alkanes) is 1. The van der Waals surface area contributed by atoms with E-state index in [1.54, 1.807) is 88.5 Å². The molecule has 3 aliphatic heterocycles. The maximum absolute atomic E-state index is 15.6. The Hall–Kier alpha value is -12.6. The van der Waals surface area contributed by atoms with Crippen molar-refractivity contribution in [3.63, 3.8) is 0 Å². The van der Waals surface area contributed by atoms with Crippen LogP contribution in [0.1, 0.15) is 140 Å². The van der Waals surface area contributed by atoms with Crippen molar-refractivity contribution in [3.8, 4) is 5.75 Å². The summed E-state index contributed by atoms with van der Waals surface area (Å²) in [5.74, 6) is -19.5. The second-order valence-corrected chi connectivity index (χ2v) is 34.4. The molecule has 3 saturated heterocycles. The van der Waals surface area contributed by atoms with Gasteiger partial charge in [-0.1, -0.05) is 120 Å². The van der Waals surface area contributed by atoms with Crippen LogP contribution in [0.4, 0.5) is 4.39 Å². The summed E-state index contributed by atoms with van der Waals surface area (Å²) in [5, 5.41) is 45.1. The summed E-state index contributed by atoms with van der Waals surface area (Å²) >= 11 is 0.772. The van der Waals surface area contributed by atoms with Gasteiger partial charge in [0.2, 0.25) is 94.5 Å². The highest BCUT2D eigenvalue weighted by Crippen LogP contribution is 2.28. The second kappa shape index (κ2) is 48.4. The summed E-state index contributed by atoms with van der Waals surface area (Å²) in [7, 11) is 3.95. The number of hydrogen-bond acceptors (Lipinski definition) is 20. The van der Waals surface area contributed by atoms with E-state index in [0.29, 0.717) is 58.8 Å². The molecule has 13 atom stereocenters. The van der Waals surface area contributed by atoms with Gasteiger partial charge >= 0.3 is 5.97 Å². The number of piperidine rings is 1. The molecule has 4 heterocycles. The maximum Gasteiger partial charge on any atom is 0.305 e. The van der Waals surface area contributed by atoms with Gasteiger partial charge in [0.05, 0.1) is 18.7 Å². The third-order valence-corrected chi connectivity index (χ3v) is 24.1. The van der Waals surface area contributed by atoms with Gasteiger partial charge in [-0.15, -0.1) is 11.8 Å². The highest BCUT2D eigenvalue weighted by atomic mass is 32.2. The normalized spacial score (nSPS) is 24.1. The number of nitrogens with zero attached hydrogens (tertiary/aromatic N) is 5. The number of carboxylic acid groups (broad SMARTS) is 1. The number of rotatable bonds is 24. The Morgan fingerprint density at radius 3 is 1.70 bits per heavy atom. The van der Waals surface area contributed by atoms with Crippen molar-refractivity contribution in [3.05, 3.63) is 137 Å². The number of thioether (sulfide) groups is 1. The van der Waals surface area contributed by atoms with Crippen LogP contribution in [0.25, 0.3) is 10.9 Å². The fraction of sp³-hybridized carbons (Fsp3) is 0.517. The maximum atomic E-state index is 15.6. The minimum Gasteiger partial charge on any atom is -0.508 e. The van der Waals surface area contributed by atoms with Crippen LogP contribution in [0.5, 0.6) is 5.75 Å². The molecule has 37 nitrogen and oxygen atoms in total. The summed E-state index contributed by atoms with van der Waals surface area (Å²) < 4.78 is 14.6. The number of nitrogens with two attached hydrogens (primary N) is 3. The SMILES string of the molecule is CCCC[C@H]1C(=O)N2CCC[C@@H]2C(=O)N[C@@H](CC(=O)O)C(=O)N[C@@H](C(C)C)C(=O)N(C)[C@@H](C(C)C)C(=O)N[C@@H](CCC(N)=O)C(=O)N2CCCC[C@@H]2C(=O)N[C@@H](Cc2c[nH]c3ccccc23)C(=O)N[C@@H](Cc2ccc(O)cc2)C(=O)N[C@@H](CCCN)C(=O)N[C@H](C(=O)NCC(N)=O)CSCC(=O)N[C@@H](Cc2ccc(F)cc2)C(=O)N(C)[C@@H](Cc2ccccc2)C(=O)N1C. The van der Waals surface area contributed by atoms with Crippen molar-refractivity contribution in [1.29, 1.82) is 0 Å².